The van der Waals surface area contributed by atoms with Gasteiger partial charge in [-0.1, -0.05) is 24.3 Å². The molecule has 3 atom stereocenters. The molecular weight excluding hydrogens is 346 g/mol. The molecule has 4 aliphatic rings. The van der Waals surface area contributed by atoms with Crippen molar-refractivity contribution in [1.29, 1.82) is 0 Å². The normalized spacial score (nSPS) is 35.5. The van der Waals surface area contributed by atoms with Crippen LogP contribution in [0.15, 0.2) is 36.4 Å². The molecule has 0 spiro atoms. The van der Waals surface area contributed by atoms with E-state index >= 15 is 0 Å². The first kappa shape index (κ1) is 18.5. The standard InChI is InChI=1S/C24H35N3O/c1-28-24-5-3-2-4-23(24)27-14-12-26(13-15-27)22-8-10-25(11-9-22)18-21-17-19-6-7-20(21)16-19/h2-7,19-22H,8-18H2,1H3/p+2/t19-,20-,21+/m0/s1. The molecule has 3 fully saturated rings. The molecule has 4 nitrogen and oxygen atoms in total. The molecule has 2 bridgehead atoms. The van der Waals surface area contributed by atoms with E-state index in [1.165, 1.54) is 64.1 Å². The van der Waals surface area contributed by atoms with Gasteiger partial charge in [-0.2, -0.15) is 0 Å². The van der Waals surface area contributed by atoms with Crippen molar-refractivity contribution in [2.45, 2.75) is 31.7 Å². The minimum atomic E-state index is 0.892. The summed E-state index contributed by atoms with van der Waals surface area (Å²) >= 11 is 0. The predicted octanol–water partition coefficient (Wildman–Crippen LogP) is 0.660. The van der Waals surface area contributed by atoms with Crippen LogP contribution in [-0.2, 0) is 0 Å². The highest BCUT2D eigenvalue weighted by Crippen LogP contribution is 2.42. The fourth-order valence-corrected chi connectivity index (χ4v) is 6.47. The van der Waals surface area contributed by atoms with E-state index in [-0.39, 0.29) is 0 Å². The number of piperidine rings is 1. The minimum absolute atomic E-state index is 0.892. The van der Waals surface area contributed by atoms with Gasteiger partial charge >= 0.3 is 0 Å². The number of nitrogens with one attached hydrogen (secondary N) is 2. The smallest absolute Gasteiger partial charge is 0.142 e. The van der Waals surface area contributed by atoms with Crippen LogP contribution in [0.1, 0.15) is 25.7 Å². The zero-order chi connectivity index (χ0) is 18.9. The van der Waals surface area contributed by atoms with Crippen molar-refractivity contribution in [3.8, 4) is 5.75 Å². The second-order valence-electron chi connectivity index (χ2n) is 9.59. The number of hydrogen-bond acceptors (Lipinski definition) is 2. The van der Waals surface area contributed by atoms with Crippen molar-refractivity contribution in [2.75, 3.05) is 57.8 Å². The second-order valence-corrected chi connectivity index (χ2v) is 9.59. The number of benzene rings is 1. The van der Waals surface area contributed by atoms with Gasteiger partial charge in [0.15, 0.2) is 0 Å². The molecule has 2 aliphatic carbocycles. The Morgan fingerprint density at radius 3 is 2.46 bits per heavy atom. The number of anilines is 1. The molecule has 1 aromatic rings. The average Bonchev–Trinajstić information content (AvgIpc) is 3.38. The first-order valence-electron chi connectivity index (χ1n) is 11.5. The number of likely N-dealkylation sites (tertiary alicyclic amines) is 1. The number of ether oxygens (including phenoxy) is 1. The van der Waals surface area contributed by atoms with E-state index in [9.17, 15) is 0 Å². The van der Waals surface area contributed by atoms with Crippen LogP contribution in [0.2, 0.25) is 0 Å². The number of rotatable bonds is 5. The molecule has 2 aliphatic heterocycles. The summed E-state index contributed by atoms with van der Waals surface area (Å²) in [6.07, 6.45) is 10.8. The zero-order valence-corrected chi connectivity index (χ0v) is 17.4. The van der Waals surface area contributed by atoms with E-state index in [4.69, 9.17) is 4.74 Å². The van der Waals surface area contributed by atoms with Crippen LogP contribution in [0.5, 0.6) is 5.75 Å². The summed E-state index contributed by atoms with van der Waals surface area (Å²) < 4.78 is 5.57. The molecule has 2 saturated heterocycles. The summed E-state index contributed by atoms with van der Waals surface area (Å²) in [5.41, 5.74) is 1.27. The lowest BCUT2D eigenvalue weighted by molar-refractivity contribution is -0.959. The van der Waals surface area contributed by atoms with Gasteiger partial charge in [0.05, 0.1) is 64.7 Å². The van der Waals surface area contributed by atoms with Crippen LogP contribution >= 0.6 is 0 Å². The van der Waals surface area contributed by atoms with Crippen molar-refractivity contribution in [3.05, 3.63) is 36.4 Å². The van der Waals surface area contributed by atoms with Crippen LogP contribution in [0.3, 0.4) is 0 Å². The van der Waals surface area contributed by atoms with Gasteiger partial charge in [0.2, 0.25) is 0 Å². The number of allylic oxidation sites excluding steroid dienone is 2. The molecule has 1 aromatic carbocycles. The molecule has 2 heterocycles. The maximum atomic E-state index is 5.57. The van der Waals surface area contributed by atoms with Gasteiger partial charge in [0, 0.05) is 18.8 Å². The van der Waals surface area contributed by atoms with E-state index in [0.29, 0.717) is 0 Å². The fraction of sp³-hybridized carbons (Fsp3) is 0.667. The Morgan fingerprint density at radius 1 is 1.00 bits per heavy atom. The highest BCUT2D eigenvalue weighted by Gasteiger charge is 2.39. The number of piperazine rings is 1. The third kappa shape index (κ3) is 3.69. The molecule has 5 rings (SSSR count). The Bertz CT molecular complexity index is 689. The Hall–Kier alpha value is -1.52. The third-order valence-electron chi connectivity index (χ3n) is 8.07. The lowest BCUT2D eigenvalue weighted by Gasteiger charge is -2.40. The highest BCUT2D eigenvalue weighted by molar-refractivity contribution is 5.58. The number of fused-ring (bicyclic) bond motifs is 2. The van der Waals surface area contributed by atoms with E-state index in [0.717, 1.165) is 42.6 Å². The van der Waals surface area contributed by atoms with Gasteiger partial charge in [-0.15, -0.1) is 0 Å². The Labute approximate surface area is 170 Å². The van der Waals surface area contributed by atoms with Crippen LogP contribution in [0.4, 0.5) is 5.69 Å². The minimum Gasteiger partial charge on any atom is -0.495 e. The van der Waals surface area contributed by atoms with Crippen LogP contribution < -0.4 is 19.4 Å². The van der Waals surface area contributed by atoms with Gasteiger partial charge in [0.1, 0.15) is 5.75 Å². The largest absolute Gasteiger partial charge is 0.495 e. The number of quaternary nitrogens is 2. The van der Waals surface area contributed by atoms with Gasteiger partial charge < -0.3 is 19.4 Å². The molecular formula is C24H37N3O+2. The van der Waals surface area contributed by atoms with Gasteiger partial charge in [-0.3, -0.25) is 0 Å². The van der Waals surface area contributed by atoms with E-state index < -0.39 is 0 Å². The Kier molecular flexibility index (Phi) is 5.34. The first-order chi connectivity index (χ1) is 13.8. The highest BCUT2D eigenvalue weighted by atomic mass is 16.5. The number of methoxy groups -OCH3 is 1. The van der Waals surface area contributed by atoms with E-state index in [1.807, 2.05) is 9.80 Å². The van der Waals surface area contributed by atoms with Crippen molar-refractivity contribution >= 4 is 5.69 Å². The topological polar surface area (TPSA) is 21.4 Å². The second kappa shape index (κ2) is 8.08. The first-order valence-corrected chi connectivity index (χ1v) is 11.5. The van der Waals surface area contributed by atoms with Crippen molar-refractivity contribution in [2.24, 2.45) is 17.8 Å². The van der Waals surface area contributed by atoms with Gasteiger partial charge in [0.25, 0.3) is 0 Å². The summed E-state index contributed by atoms with van der Waals surface area (Å²) in [6.45, 7) is 9.10. The lowest BCUT2D eigenvalue weighted by Crippen LogP contribution is -3.22. The summed E-state index contributed by atoms with van der Waals surface area (Å²) in [5, 5.41) is 0. The quantitative estimate of drug-likeness (QED) is 0.729. The SMILES string of the molecule is COc1ccccc1N1CC[NH+](C2CC[NH+](C[C@H]3C[C@H]4C=C[C@H]3C4)CC2)CC1. The van der Waals surface area contributed by atoms with Crippen LogP contribution in [0.25, 0.3) is 0 Å². The van der Waals surface area contributed by atoms with Crippen LogP contribution in [-0.4, -0.2) is 59.0 Å². The fourth-order valence-electron chi connectivity index (χ4n) is 6.47. The third-order valence-corrected chi connectivity index (χ3v) is 8.07. The zero-order valence-electron chi connectivity index (χ0n) is 17.4. The Balaban J connectivity index is 1.09. The lowest BCUT2D eigenvalue weighted by atomic mass is 9.92. The summed E-state index contributed by atoms with van der Waals surface area (Å²) in [4.78, 5) is 6.27. The maximum absolute atomic E-state index is 5.57. The molecule has 2 N–H and O–H groups in total. The van der Waals surface area contributed by atoms with Gasteiger partial charge in [-0.05, 0) is 36.8 Å². The van der Waals surface area contributed by atoms with E-state index in [1.54, 1.807) is 7.11 Å². The van der Waals surface area contributed by atoms with Crippen molar-refractivity contribution in [3.63, 3.8) is 0 Å². The number of hydrogen-bond donors (Lipinski definition) is 2. The average molecular weight is 384 g/mol. The molecule has 0 radical (unpaired) electrons. The molecule has 152 valence electrons. The van der Waals surface area contributed by atoms with Crippen LogP contribution in [0, 0.1) is 17.8 Å². The van der Waals surface area contributed by atoms with Crippen molar-refractivity contribution < 1.29 is 14.5 Å². The summed E-state index contributed by atoms with van der Waals surface area (Å²) in [6, 6.07) is 9.37. The molecule has 28 heavy (non-hydrogen) atoms. The van der Waals surface area contributed by atoms with Gasteiger partial charge in [-0.25, -0.2) is 0 Å². The number of para-hydroxylation sites is 2. The predicted molar refractivity (Wildman–Crippen MR) is 113 cm³/mol. The van der Waals surface area contributed by atoms with Crippen molar-refractivity contribution in [1.82, 2.24) is 0 Å². The summed E-state index contributed by atoms with van der Waals surface area (Å²) in [7, 11) is 1.78. The molecule has 0 aromatic heterocycles. The van der Waals surface area contributed by atoms with E-state index in [2.05, 4.69) is 41.3 Å². The molecule has 0 amide bonds. The monoisotopic (exact) mass is 383 g/mol. The summed E-state index contributed by atoms with van der Waals surface area (Å²) in [5.74, 6) is 3.84. The molecule has 4 heteroatoms. The molecule has 0 unspecified atom stereocenters. The number of nitrogens with zero attached hydrogens (tertiary/aromatic N) is 1. The maximum Gasteiger partial charge on any atom is 0.142 e. The Morgan fingerprint density at radius 2 is 1.79 bits per heavy atom. The molecule has 1 saturated carbocycles.